The zero-order chi connectivity index (χ0) is 22.0. The zero-order valence-corrected chi connectivity index (χ0v) is 18.2. The Morgan fingerprint density at radius 2 is 2.00 bits per heavy atom. The van der Waals surface area contributed by atoms with Gasteiger partial charge >= 0.3 is 5.97 Å². The van der Waals surface area contributed by atoms with E-state index in [1.165, 1.54) is 6.20 Å². The van der Waals surface area contributed by atoms with E-state index in [9.17, 15) is 9.90 Å². The van der Waals surface area contributed by atoms with E-state index in [2.05, 4.69) is 20.3 Å². The molecule has 7 rings (SSSR count). The third kappa shape index (κ3) is 2.95. The summed E-state index contributed by atoms with van der Waals surface area (Å²) in [5.74, 6) is 0.551. The maximum absolute atomic E-state index is 12.1. The van der Waals surface area contributed by atoms with Crippen molar-refractivity contribution in [2.75, 3.05) is 5.32 Å². The molecule has 3 saturated carbocycles. The van der Waals surface area contributed by atoms with Crippen LogP contribution in [-0.4, -0.2) is 46.6 Å². The number of aromatic nitrogens is 6. The fourth-order valence-corrected chi connectivity index (χ4v) is 5.71. The van der Waals surface area contributed by atoms with Gasteiger partial charge in [0.25, 0.3) is 0 Å². The van der Waals surface area contributed by atoms with Gasteiger partial charge in [0.05, 0.1) is 23.1 Å². The van der Waals surface area contributed by atoms with Crippen LogP contribution in [-0.2, 0) is 11.8 Å². The lowest BCUT2D eigenvalue weighted by Crippen LogP contribution is -2.51. The number of carboxylic acids is 1. The summed E-state index contributed by atoms with van der Waals surface area (Å²) in [6.07, 6.45) is 9.29. The van der Waals surface area contributed by atoms with Crippen LogP contribution in [0.2, 0.25) is 5.15 Å². The number of aromatic amines is 1. The van der Waals surface area contributed by atoms with Crippen molar-refractivity contribution < 1.29 is 9.90 Å². The quantitative estimate of drug-likeness (QED) is 0.430. The van der Waals surface area contributed by atoms with E-state index in [0.29, 0.717) is 39.4 Å². The van der Waals surface area contributed by atoms with Crippen LogP contribution in [0.5, 0.6) is 0 Å². The molecule has 0 aliphatic heterocycles. The second-order valence-electron chi connectivity index (χ2n) is 8.86. The highest BCUT2D eigenvalue weighted by Crippen LogP contribution is 2.46. The van der Waals surface area contributed by atoms with E-state index in [-0.39, 0.29) is 12.0 Å². The van der Waals surface area contributed by atoms with Crippen molar-refractivity contribution in [3.05, 3.63) is 29.8 Å². The Balaban J connectivity index is 1.48. The number of aliphatic carboxylic acids is 1. The summed E-state index contributed by atoms with van der Waals surface area (Å²) in [5.41, 5.74) is 2.65. The predicted octanol–water partition coefficient (Wildman–Crippen LogP) is 3.86. The van der Waals surface area contributed by atoms with Crippen molar-refractivity contribution in [1.29, 1.82) is 0 Å². The molecule has 0 spiro atoms. The number of hydrogen-bond acceptors (Lipinski definition) is 6. The predicted molar refractivity (Wildman–Crippen MR) is 120 cm³/mol. The molecule has 4 aromatic heterocycles. The first-order valence-corrected chi connectivity index (χ1v) is 11.2. The minimum Gasteiger partial charge on any atom is -0.481 e. The topological polar surface area (TPSA) is 122 Å². The molecular formula is C22H22ClN7O2. The van der Waals surface area contributed by atoms with Crippen molar-refractivity contribution in [2.45, 2.75) is 31.7 Å². The van der Waals surface area contributed by atoms with E-state index in [4.69, 9.17) is 21.6 Å². The van der Waals surface area contributed by atoms with Gasteiger partial charge in [-0.15, -0.1) is 0 Å². The van der Waals surface area contributed by atoms with Crippen LogP contribution < -0.4 is 5.32 Å². The number of rotatable bonds is 4. The van der Waals surface area contributed by atoms with Gasteiger partial charge in [0, 0.05) is 25.5 Å². The molecule has 0 aromatic carbocycles. The van der Waals surface area contributed by atoms with Crippen LogP contribution >= 0.6 is 11.6 Å². The summed E-state index contributed by atoms with van der Waals surface area (Å²) in [5, 5.41) is 14.7. The highest BCUT2D eigenvalue weighted by atomic mass is 35.5. The fraction of sp³-hybridized carbons (Fsp3) is 0.409. The number of nitrogens with one attached hydrogen (secondary N) is 2. The molecule has 0 unspecified atom stereocenters. The number of hydrogen-bond donors (Lipinski definition) is 3. The van der Waals surface area contributed by atoms with E-state index in [1.807, 2.05) is 23.9 Å². The number of carboxylic acid groups (broad SMARTS) is 1. The molecule has 164 valence electrons. The van der Waals surface area contributed by atoms with Crippen LogP contribution in [0.15, 0.2) is 24.7 Å². The smallest absolute Gasteiger partial charge is 0.308 e. The van der Waals surface area contributed by atoms with E-state index < -0.39 is 11.9 Å². The Kier molecular flexibility index (Phi) is 4.36. The normalized spacial score (nSPS) is 24.9. The molecule has 32 heavy (non-hydrogen) atoms. The summed E-state index contributed by atoms with van der Waals surface area (Å²) >= 11 is 6.08. The zero-order valence-electron chi connectivity index (χ0n) is 17.4. The molecule has 4 aromatic rings. The molecule has 3 fully saturated rings. The lowest BCUT2D eigenvalue weighted by Gasteiger charge is -2.47. The number of nitrogens with zero attached hydrogens (tertiary/aromatic N) is 5. The van der Waals surface area contributed by atoms with Gasteiger partial charge in [0.1, 0.15) is 22.1 Å². The molecule has 3 N–H and O–H groups in total. The molecule has 2 atom stereocenters. The number of fused-ring (bicyclic) bond motifs is 5. The molecule has 10 heteroatoms. The molecular weight excluding hydrogens is 430 g/mol. The number of H-pyrrole nitrogens is 1. The first-order valence-electron chi connectivity index (χ1n) is 10.8. The highest BCUT2D eigenvalue weighted by Gasteiger charge is 2.47. The Morgan fingerprint density at radius 1 is 1.22 bits per heavy atom. The van der Waals surface area contributed by atoms with Gasteiger partial charge in [-0.25, -0.2) is 19.9 Å². The maximum atomic E-state index is 12.1. The van der Waals surface area contributed by atoms with Crippen molar-refractivity contribution in [3.63, 3.8) is 0 Å². The number of anilines is 1. The van der Waals surface area contributed by atoms with E-state index in [0.717, 1.165) is 36.7 Å². The van der Waals surface area contributed by atoms with Gasteiger partial charge in [-0.3, -0.25) is 4.79 Å². The fourth-order valence-electron chi connectivity index (χ4n) is 5.58. The number of carbonyl (C=O) groups is 1. The van der Waals surface area contributed by atoms with Crippen molar-refractivity contribution >= 4 is 45.6 Å². The second-order valence-corrected chi connectivity index (χ2v) is 9.25. The molecule has 3 aliphatic carbocycles. The SMILES string of the molecule is Cn1ccc2c(N[C@@H]3C4CCC(CC4)[C@H]3C(=O)O)nc(-c3c[nH]c4ncc(Cl)nc34)nc21. The highest BCUT2D eigenvalue weighted by molar-refractivity contribution is 6.29. The minimum absolute atomic E-state index is 0.150. The molecule has 3 aliphatic rings. The Hall–Kier alpha value is -3.20. The molecule has 9 nitrogen and oxygen atoms in total. The lowest BCUT2D eigenvalue weighted by molar-refractivity contribution is -0.148. The van der Waals surface area contributed by atoms with Crippen LogP contribution in [0, 0.1) is 17.8 Å². The minimum atomic E-state index is -0.725. The maximum Gasteiger partial charge on any atom is 0.308 e. The third-order valence-corrected chi connectivity index (χ3v) is 7.31. The van der Waals surface area contributed by atoms with Crippen LogP contribution in [0.4, 0.5) is 5.82 Å². The number of halogens is 1. The van der Waals surface area contributed by atoms with Gasteiger partial charge < -0.3 is 20.0 Å². The van der Waals surface area contributed by atoms with Gasteiger partial charge in [-0.1, -0.05) is 11.6 Å². The van der Waals surface area contributed by atoms with Crippen molar-refractivity contribution in [3.8, 4) is 11.4 Å². The van der Waals surface area contributed by atoms with Gasteiger partial charge in [0.2, 0.25) is 0 Å². The number of aryl methyl sites for hydroxylation is 1. The lowest BCUT2D eigenvalue weighted by atomic mass is 9.61. The summed E-state index contributed by atoms with van der Waals surface area (Å²) in [4.78, 5) is 33.5. The summed E-state index contributed by atoms with van der Waals surface area (Å²) in [6, 6.07) is 1.81. The Labute approximate surface area is 188 Å². The van der Waals surface area contributed by atoms with Crippen molar-refractivity contribution in [2.24, 2.45) is 24.8 Å². The summed E-state index contributed by atoms with van der Waals surface area (Å²) < 4.78 is 1.93. The monoisotopic (exact) mass is 451 g/mol. The molecule has 2 bridgehead atoms. The first kappa shape index (κ1) is 19.5. The standard InChI is InChI=1S/C22H22ClN7O2/c1-30-7-6-12-18(27-16-11-4-2-10(3-5-11)15(16)22(31)32)28-19(29-21(12)30)13-8-24-20-17(13)26-14(23)9-25-20/h6-11,15-16H,2-5H2,1H3,(H,24,25)(H,31,32)(H,27,28,29)/t10?,11?,15-,16-/m1/s1. The Bertz CT molecular complexity index is 1360. The summed E-state index contributed by atoms with van der Waals surface area (Å²) in [7, 11) is 1.93. The third-order valence-electron chi connectivity index (χ3n) is 7.12. The van der Waals surface area contributed by atoms with E-state index >= 15 is 0 Å². The first-order chi connectivity index (χ1) is 15.5. The largest absolute Gasteiger partial charge is 0.481 e. The van der Waals surface area contributed by atoms with Gasteiger partial charge in [-0.05, 0) is 43.6 Å². The molecule has 4 heterocycles. The van der Waals surface area contributed by atoms with Crippen LogP contribution in [0.25, 0.3) is 33.6 Å². The van der Waals surface area contributed by atoms with Gasteiger partial charge in [0.15, 0.2) is 11.5 Å². The average molecular weight is 452 g/mol. The molecule has 0 radical (unpaired) electrons. The molecule has 0 amide bonds. The van der Waals surface area contributed by atoms with E-state index in [1.54, 1.807) is 6.20 Å². The second kappa shape index (κ2) is 7.16. The van der Waals surface area contributed by atoms with Gasteiger partial charge in [-0.2, -0.15) is 0 Å². The average Bonchev–Trinajstić information content (AvgIpc) is 3.37. The summed E-state index contributed by atoms with van der Waals surface area (Å²) in [6.45, 7) is 0. The van der Waals surface area contributed by atoms with Crippen LogP contribution in [0.1, 0.15) is 25.7 Å². The van der Waals surface area contributed by atoms with Crippen molar-refractivity contribution in [1.82, 2.24) is 29.5 Å². The Morgan fingerprint density at radius 3 is 2.78 bits per heavy atom. The molecule has 0 saturated heterocycles. The van der Waals surface area contributed by atoms with Crippen LogP contribution in [0.3, 0.4) is 0 Å².